The number of halogens is 3. The van der Waals surface area contributed by atoms with Crippen molar-refractivity contribution < 1.29 is 9.53 Å². The van der Waals surface area contributed by atoms with Crippen molar-refractivity contribution >= 4 is 53.8 Å². The molecule has 5 heteroatoms. The fourth-order valence-electron chi connectivity index (χ4n) is 0.733. The molecule has 0 saturated carbocycles. The maximum Gasteiger partial charge on any atom is 0.335 e. The summed E-state index contributed by atoms with van der Waals surface area (Å²) in [6.45, 7) is 3.32. The number of benzene rings is 1. The van der Waals surface area contributed by atoms with Crippen LogP contribution >= 0.6 is 47.8 Å². The lowest BCUT2D eigenvalue weighted by Gasteiger charge is -2.05. The summed E-state index contributed by atoms with van der Waals surface area (Å²) < 4.78 is 7.36. The van der Waals surface area contributed by atoms with Gasteiger partial charge in [-0.15, -0.1) is 0 Å². The first kappa shape index (κ1) is 11.9. The van der Waals surface area contributed by atoms with E-state index in [0.29, 0.717) is 10.2 Å². The van der Waals surface area contributed by atoms with Crippen LogP contribution in [0.4, 0.5) is 0 Å². The van der Waals surface area contributed by atoms with Gasteiger partial charge >= 0.3 is 5.97 Å². The summed E-state index contributed by atoms with van der Waals surface area (Å²) in [4.78, 5) is 10.9. The molecule has 0 N–H and O–H groups in total. The largest absolute Gasteiger partial charge is 0.422 e. The Morgan fingerprint density at radius 1 is 1.21 bits per heavy atom. The van der Waals surface area contributed by atoms with E-state index in [2.05, 4.69) is 54.4 Å². The van der Waals surface area contributed by atoms with Crippen LogP contribution in [0, 0.1) is 0 Å². The molecular weight excluding hydrogens is 380 g/mol. The summed E-state index contributed by atoms with van der Waals surface area (Å²) in [5.74, 6) is -0.0371. The fraction of sp³-hybridized carbons (Fsp3) is 0. The predicted molar refractivity (Wildman–Crippen MR) is 65.4 cm³/mol. The quantitative estimate of drug-likeness (QED) is 0.332. The molecule has 0 aromatic heterocycles. The van der Waals surface area contributed by atoms with Crippen LogP contribution in [0.2, 0.25) is 0 Å². The Morgan fingerprint density at radius 2 is 1.79 bits per heavy atom. The van der Waals surface area contributed by atoms with Gasteiger partial charge in [0.2, 0.25) is 0 Å². The van der Waals surface area contributed by atoms with Gasteiger partial charge in [-0.1, -0.05) is 6.58 Å². The highest BCUT2D eigenvalue weighted by Crippen LogP contribution is 2.34. The van der Waals surface area contributed by atoms with E-state index in [4.69, 9.17) is 4.74 Å². The number of ether oxygens (including phenoxy) is 1. The Balaban J connectivity index is 3.03. The molecular formula is C9H5Br3O2. The van der Waals surface area contributed by atoms with Gasteiger partial charge in [-0.05, 0) is 59.9 Å². The molecule has 0 aliphatic carbocycles. The van der Waals surface area contributed by atoms with Gasteiger partial charge in [-0.25, -0.2) is 4.79 Å². The maximum atomic E-state index is 10.9. The molecule has 0 spiro atoms. The van der Waals surface area contributed by atoms with E-state index in [1.165, 1.54) is 0 Å². The Kier molecular flexibility index (Phi) is 4.34. The van der Waals surface area contributed by atoms with Crippen molar-refractivity contribution in [3.63, 3.8) is 0 Å². The summed E-state index contributed by atoms with van der Waals surface area (Å²) in [5.41, 5.74) is 0. The van der Waals surface area contributed by atoms with Gasteiger partial charge in [-0.2, -0.15) is 0 Å². The molecule has 0 heterocycles. The van der Waals surface area contributed by atoms with Crippen molar-refractivity contribution in [1.82, 2.24) is 0 Å². The van der Waals surface area contributed by atoms with Crippen LogP contribution in [-0.2, 0) is 4.79 Å². The number of hydrogen-bond donors (Lipinski definition) is 0. The Bertz CT molecular complexity index is 388. The molecule has 0 aliphatic rings. The normalized spacial score (nSPS) is 9.64. The first-order chi connectivity index (χ1) is 6.54. The van der Waals surface area contributed by atoms with Crippen LogP contribution < -0.4 is 4.74 Å². The number of rotatable bonds is 2. The molecule has 1 rings (SSSR count). The van der Waals surface area contributed by atoms with Crippen LogP contribution in [0.25, 0.3) is 0 Å². The number of carbonyl (C=O) groups is 1. The zero-order valence-electron chi connectivity index (χ0n) is 6.89. The van der Waals surface area contributed by atoms with Crippen molar-refractivity contribution in [1.29, 1.82) is 0 Å². The molecule has 14 heavy (non-hydrogen) atoms. The maximum absolute atomic E-state index is 10.9. The van der Waals surface area contributed by atoms with E-state index in [1.807, 2.05) is 0 Å². The van der Waals surface area contributed by atoms with Crippen LogP contribution in [0.5, 0.6) is 5.75 Å². The number of esters is 1. The first-order valence-corrected chi connectivity index (χ1v) is 5.91. The van der Waals surface area contributed by atoms with E-state index >= 15 is 0 Å². The van der Waals surface area contributed by atoms with E-state index in [0.717, 1.165) is 15.0 Å². The first-order valence-electron chi connectivity index (χ1n) is 3.53. The third kappa shape index (κ3) is 2.93. The molecule has 0 unspecified atom stereocenters. The van der Waals surface area contributed by atoms with Crippen molar-refractivity contribution in [3.8, 4) is 5.75 Å². The average molecular weight is 385 g/mol. The molecule has 2 nitrogen and oxygen atoms in total. The van der Waals surface area contributed by atoms with E-state index < -0.39 is 5.97 Å². The second kappa shape index (κ2) is 5.09. The fourth-order valence-corrected chi connectivity index (χ4v) is 2.13. The standard InChI is InChI=1S/C9H5Br3O2/c1-2-9(13)14-8-4-6(11)5(10)3-7(8)12/h2-4H,1H2. The Morgan fingerprint density at radius 3 is 2.36 bits per heavy atom. The van der Waals surface area contributed by atoms with Crippen LogP contribution in [0.15, 0.2) is 38.2 Å². The second-order valence-electron chi connectivity index (χ2n) is 2.32. The summed E-state index contributed by atoms with van der Waals surface area (Å²) in [5, 5.41) is 0. The molecule has 0 bridgehead atoms. The lowest BCUT2D eigenvalue weighted by molar-refractivity contribution is -0.129. The van der Waals surface area contributed by atoms with E-state index in [9.17, 15) is 4.79 Å². The third-order valence-electron chi connectivity index (χ3n) is 1.35. The van der Waals surface area contributed by atoms with Crippen LogP contribution in [-0.4, -0.2) is 5.97 Å². The van der Waals surface area contributed by atoms with Gasteiger partial charge in [0.1, 0.15) is 5.75 Å². The van der Waals surface area contributed by atoms with Crippen LogP contribution in [0.1, 0.15) is 0 Å². The van der Waals surface area contributed by atoms with E-state index in [-0.39, 0.29) is 0 Å². The molecule has 1 aromatic rings. The highest BCUT2D eigenvalue weighted by molar-refractivity contribution is 9.13. The Hall–Kier alpha value is -0.130. The summed E-state index contributed by atoms with van der Waals surface area (Å²) >= 11 is 9.91. The van der Waals surface area contributed by atoms with Gasteiger partial charge < -0.3 is 4.74 Å². The minimum atomic E-state index is -0.486. The molecule has 74 valence electrons. The molecule has 0 amide bonds. The molecule has 0 atom stereocenters. The lowest BCUT2D eigenvalue weighted by atomic mass is 10.3. The smallest absolute Gasteiger partial charge is 0.335 e. The monoisotopic (exact) mass is 382 g/mol. The highest BCUT2D eigenvalue weighted by Gasteiger charge is 2.08. The van der Waals surface area contributed by atoms with Gasteiger partial charge in [0, 0.05) is 15.0 Å². The molecule has 0 saturated heterocycles. The molecule has 0 aliphatic heterocycles. The highest BCUT2D eigenvalue weighted by atomic mass is 79.9. The minimum absolute atomic E-state index is 0.449. The topological polar surface area (TPSA) is 26.3 Å². The van der Waals surface area contributed by atoms with Crippen molar-refractivity contribution in [2.45, 2.75) is 0 Å². The third-order valence-corrected chi connectivity index (χ3v) is 3.82. The van der Waals surface area contributed by atoms with Gasteiger partial charge in [0.25, 0.3) is 0 Å². The van der Waals surface area contributed by atoms with Crippen molar-refractivity contribution in [3.05, 3.63) is 38.2 Å². The molecule has 0 radical (unpaired) electrons. The van der Waals surface area contributed by atoms with Gasteiger partial charge in [-0.3, -0.25) is 0 Å². The van der Waals surface area contributed by atoms with Gasteiger partial charge in [0.05, 0.1) is 4.47 Å². The van der Waals surface area contributed by atoms with E-state index in [1.54, 1.807) is 12.1 Å². The second-order valence-corrected chi connectivity index (χ2v) is 4.88. The minimum Gasteiger partial charge on any atom is -0.422 e. The molecule has 0 fully saturated rings. The zero-order valence-corrected chi connectivity index (χ0v) is 11.6. The Labute approximate surface area is 107 Å². The SMILES string of the molecule is C=CC(=O)Oc1cc(Br)c(Br)cc1Br. The number of hydrogen-bond acceptors (Lipinski definition) is 2. The molecule has 1 aromatic carbocycles. The average Bonchev–Trinajstić information content (AvgIpc) is 2.14. The van der Waals surface area contributed by atoms with Crippen molar-refractivity contribution in [2.24, 2.45) is 0 Å². The predicted octanol–water partition coefficient (Wildman–Crippen LogP) is 4.07. The number of carbonyl (C=O) groups excluding carboxylic acids is 1. The lowest BCUT2D eigenvalue weighted by Crippen LogP contribution is -2.03. The van der Waals surface area contributed by atoms with Crippen LogP contribution in [0.3, 0.4) is 0 Å². The van der Waals surface area contributed by atoms with Crippen molar-refractivity contribution in [2.75, 3.05) is 0 Å². The zero-order chi connectivity index (χ0) is 10.7. The summed E-state index contributed by atoms with van der Waals surface area (Å²) in [7, 11) is 0. The summed E-state index contributed by atoms with van der Waals surface area (Å²) in [6, 6.07) is 3.48. The summed E-state index contributed by atoms with van der Waals surface area (Å²) in [6.07, 6.45) is 1.11. The van der Waals surface area contributed by atoms with Gasteiger partial charge in [0.15, 0.2) is 0 Å².